The van der Waals surface area contributed by atoms with Gasteiger partial charge in [-0.3, -0.25) is 14.8 Å². The molecular formula is C21H27N5O. The highest BCUT2D eigenvalue weighted by atomic mass is 16.2. The molecule has 4 rings (SSSR count). The predicted octanol–water partition coefficient (Wildman–Crippen LogP) is 2.51. The first-order valence-corrected chi connectivity index (χ1v) is 9.76. The zero-order chi connectivity index (χ0) is 18.8. The third-order valence-electron chi connectivity index (χ3n) is 5.57. The zero-order valence-electron chi connectivity index (χ0n) is 16.1. The van der Waals surface area contributed by atoms with E-state index < -0.39 is 0 Å². The van der Waals surface area contributed by atoms with E-state index in [1.54, 1.807) is 12.3 Å². The highest BCUT2D eigenvalue weighted by molar-refractivity contribution is 5.92. The Morgan fingerprint density at radius 3 is 2.67 bits per heavy atom. The molecule has 0 bridgehead atoms. The maximum Gasteiger partial charge on any atom is 0.273 e. The van der Waals surface area contributed by atoms with Crippen molar-refractivity contribution < 1.29 is 4.79 Å². The van der Waals surface area contributed by atoms with Crippen molar-refractivity contribution in [2.24, 2.45) is 0 Å². The summed E-state index contributed by atoms with van der Waals surface area (Å²) in [6.45, 7) is 7.01. The first-order valence-electron chi connectivity index (χ1n) is 9.76. The molecule has 0 aromatic carbocycles. The van der Waals surface area contributed by atoms with Crippen molar-refractivity contribution in [1.82, 2.24) is 19.8 Å². The smallest absolute Gasteiger partial charge is 0.273 e. The summed E-state index contributed by atoms with van der Waals surface area (Å²) >= 11 is 0. The van der Waals surface area contributed by atoms with E-state index in [2.05, 4.69) is 34.0 Å². The number of anilines is 1. The standard InChI is InChI=1S/C21H27N5O/c1-16-14-17(25-12-10-24(2)11-13-25)15-19(23-16)20-7-5-9-26(20)21(27)18-6-3-4-8-22-18/h3-4,6,8,14-15,20H,5,7,9-13H2,1-2H3/t20-/m1/s1. The molecule has 0 N–H and O–H groups in total. The number of nitrogens with zero attached hydrogens (tertiary/aromatic N) is 5. The van der Waals surface area contributed by atoms with Gasteiger partial charge in [-0.1, -0.05) is 6.07 Å². The van der Waals surface area contributed by atoms with E-state index in [0.717, 1.165) is 57.0 Å². The fraction of sp³-hybridized carbons (Fsp3) is 0.476. The monoisotopic (exact) mass is 365 g/mol. The maximum atomic E-state index is 13.0. The minimum Gasteiger partial charge on any atom is -0.369 e. The summed E-state index contributed by atoms with van der Waals surface area (Å²) in [5, 5.41) is 0. The number of piperazine rings is 1. The largest absolute Gasteiger partial charge is 0.369 e. The van der Waals surface area contributed by atoms with Gasteiger partial charge in [-0.15, -0.1) is 0 Å². The molecule has 2 aliphatic rings. The molecule has 0 radical (unpaired) electrons. The second-order valence-electron chi connectivity index (χ2n) is 7.55. The average molecular weight is 365 g/mol. The Hall–Kier alpha value is -2.47. The van der Waals surface area contributed by atoms with Crippen LogP contribution in [0.5, 0.6) is 0 Å². The Kier molecular flexibility index (Phi) is 5.07. The van der Waals surface area contributed by atoms with Crippen LogP contribution >= 0.6 is 0 Å². The summed E-state index contributed by atoms with van der Waals surface area (Å²) in [7, 11) is 2.17. The van der Waals surface area contributed by atoms with Crippen molar-refractivity contribution in [2.45, 2.75) is 25.8 Å². The van der Waals surface area contributed by atoms with Gasteiger partial charge in [-0.25, -0.2) is 0 Å². The lowest BCUT2D eigenvalue weighted by molar-refractivity contribution is 0.0727. The molecule has 2 saturated heterocycles. The van der Waals surface area contributed by atoms with Gasteiger partial charge in [0.15, 0.2) is 0 Å². The van der Waals surface area contributed by atoms with E-state index in [0.29, 0.717) is 5.69 Å². The number of hydrogen-bond donors (Lipinski definition) is 0. The van der Waals surface area contributed by atoms with Crippen LogP contribution in [-0.4, -0.2) is 65.4 Å². The molecule has 0 unspecified atom stereocenters. The molecule has 6 heteroatoms. The minimum absolute atomic E-state index is 0.00236. The van der Waals surface area contributed by atoms with Crippen molar-refractivity contribution in [3.8, 4) is 0 Å². The number of likely N-dealkylation sites (N-methyl/N-ethyl adjacent to an activating group) is 1. The third kappa shape index (κ3) is 3.81. The van der Waals surface area contributed by atoms with Gasteiger partial charge in [0.25, 0.3) is 5.91 Å². The molecule has 2 aromatic rings. The van der Waals surface area contributed by atoms with Crippen molar-refractivity contribution >= 4 is 11.6 Å². The van der Waals surface area contributed by atoms with Gasteiger partial charge >= 0.3 is 0 Å². The summed E-state index contributed by atoms with van der Waals surface area (Å²) in [4.78, 5) is 28.7. The molecule has 2 aromatic heterocycles. The van der Waals surface area contributed by atoms with Gasteiger partial charge in [-0.05, 0) is 51.1 Å². The molecular weight excluding hydrogens is 338 g/mol. The van der Waals surface area contributed by atoms with Crippen LogP contribution in [0, 0.1) is 6.92 Å². The van der Waals surface area contributed by atoms with E-state index in [9.17, 15) is 4.79 Å². The Morgan fingerprint density at radius 1 is 1.11 bits per heavy atom. The van der Waals surface area contributed by atoms with Crippen molar-refractivity contribution in [3.63, 3.8) is 0 Å². The van der Waals surface area contributed by atoms with Gasteiger partial charge in [0.05, 0.1) is 11.7 Å². The van der Waals surface area contributed by atoms with Crippen LogP contribution in [0.4, 0.5) is 5.69 Å². The molecule has 27 heavy (non-hydrogen) atoms. The summed E-state index contributed by atoms with van der Waals surface area (Å²) in [6.07, 6.45) is 3.63. The molecule has 0 saturated carbocycles. The van der Waals surface area contributed by atoms with E-state index in [1.807, 2.05) is 24.0 Å². The van der Waals surface area contributed by atoms with E-state index in [-0.39, 0.29) is 11.9 Å². The SMILES string of the molecule is Cc1cc(N2CCN(C)CC2)cc([C@H]2CCCN2C(=O)c2ccccn2)n1. The molecule has 1 atom stereocenters. The van der Waals surface area contributed by atoms with Crippen LogP contribution in [0.15, 0.2) is 36.5 Å². The number of aryl methyl sites for hydroxylation is 1. The summed E-state index contributed by atoms with van der Waals surface area (Å²) in [5.41, 5.74) is 3.75. The number of aromatic nitrogens is 2. The molecule has 4 heterocycles. The van der Waals surface area contributed by atoms with Crippen LogP contribution in [-0.2, 0) is 0 Å². The summed E-state index contributed by atoms with van der Waals surface area (Å²) < 4.78 is 0. The third-order valence-corrected chi connectivity index (χ3v) is 5.57. The molecule has 1 amide bonds. The van der Waals surface area contributed by atoms with Crippen LogP contribution in [0.3, 0.4) is 0 Å². The molecule has 2 fully saturated rings. The van der Waals surface area contributed by atoms with Crippen LogP contribution in [0.2, 0.25) is 0 Å². The zero-order valence-corrected chi connectivity index (χ0v) is 16.1. The van der Waals surface area contributed by atoms with E-state index >= 15 is 0 Å². The number of carbonyl (C=O) groups excluding carboxylic acids is 1. The van der Waals surface area contributed by atoms with Crippen LogP contribution in [0.25, 0.3) is 0 Å². The molecule has 2 aliphatic heterocycles. The van der Waals surface area contributed by atoms with Crippen LogP contribution < -0.4 is 4.90 Å². The molecule has 0 spiro atoms. The molecule has 0 aliphatic carbocycles. The highest BCUT2D eigenvalue weighted by Crippen LogP contribution is 2.34. The normalized spacial score (nSPS) is 20.9. The lowest BCUT2D eigenvalue weighted by Gasteiger charge is -2.34. The van der Waals surface area contributed by atoms with Gasteiger partial charge in [-0.2, -0.15) is 0 Å². The lowest BCUT2D eigenvalue weighted by atomic mass is 10.1. The molecule has 142 valence electrons. The number of likely N-dealkylation sites (tertiary alicyclic amines) is 1. The summed E-state index contributed by atoms with van der Waals surface area (Å²) in [6, 6.07) is 9.87. The molecule has 6 nitrogen and oxygen atoms in total. The quantitative estimate of drug-likeness (QED) is 0.837. The van der Waals surface area contributed by atoms with Crippen LogP contribution in [0.1, 0.15) is 40.8 Å². The highest BCUT2D eigenvalue weighted by Gasteiger charge is 2.32. The predicted molar refractivity (Wildman–Crippen MR) is 106 cm³/mol. The van der Waals surface area contributed by atoms with Gasteiger partial charge < -0.3 is 14.7 Å². The van der Waals surface area contributed by atoms with Crippen molar-refractivity contribution in [2.75, 3.05) is 44.7 Å². The Bertz CT molecular complexity index is 801. The number of amides is 1. The first kappa shape index (κ1) is 17.9. The van der Waals surface area contributed by atoms with E-state index in [4.69, 9.17) is 4.98 Å². The van der Waals surface area contributed by atoms with E-state index in [1.165, 1.54) is 5.69 Å². The Labute approximate surface area is 160 Å². The Balaban J connectivity index is 1.59. The second-order valence-corrected chi connectivity index (χ2v) is 7.55. The fourth-order valence-electron chi connectivity index (χ4n) is 4.05. The minimum atomic E-state index is 0.00236. The topological polar surface area (TPSA) is 52.6 Å². The Morgan fingerprint density at radius 2 is 1.93 bits per heavy atom. The van der Waals surface area contributed by atoms with Crippen molar-refractivity contribution in [3.05, 3.63) is 53.6 Å². The number of pyridine rings is 2. The number of rotatable bonds is 3. The number of hydrogen-bond acceptors (Lipinski definition) is 5. The van der Waals surface area contributed by atoms with Gasteiger partial charge in [0.1, 0.15) is 5.69 Å². The van der Waals surface area contributed by atoms with Gasteiger partial charge in [0, 0.05) is 50.3 Å². The van der Waals surface area contributed by atoms with Crippen molar-refractivity contribution in [1.29, 1.82) is 0 Å². The summed E-state index contributed by atoms with van der Waals surface area (Å²) in [5.74, 6) is 0.00236. The maximum absolute atomic E-state index is 13.0. The fourth-order valence-corrected chi connectivity index (χ4v) is 4.05. The second kappa shape index (κ2) is 7.64. The van der Waals surface area contributed by atoms with Gasteiger partial charge in [0.2, 0.25) is 0 Å². The first-order chi connectivity index (χ1) is 13.1. The average Bonchev–Trinajstić information content (AvgIpc) is 3.18. The lowest BCUT2D eigenvalue weighted by Crippen LogP contribution is -2.44. The number of carbonyl (C=O) groups is 1.